The Morgan fingerprint density at radius 2 is 1.88 bits per heavy atom. The van der Waals surface area contributed by atoms with Crippen LogP contribution in [0.15, 0.2) is 0 Å². The number of rotatable bonds is 7. The van der Waals surface area contributed by atoms with Crippen molar-refractivity contribution in [2.24, 2.45) is 0 Å². The summed E-state index contributed by atoms with van der Waals surface area (Å²) in [5.41, 5.74) is 0. The van der Waals surface area contributed by atoms with Crippen LogP contribution in [0.3, 0.4) is 0 Å². The zero-order valence-electron chi connectivity index (χ0n) is 8.98. The van der Waals surface area contributed by atoms with Crippen LogP contribution in [0.5, 0.6) is 0 Å². The van der Waals surface area contributed by atoms with Gasteiger partial charge in [-0.3, -0.25) is 9.12 Å². The molecule has 0 amide bonds. The van der Waals surface area contributed by atoms with Crippen molar-refractivity contribution in [3.05, 3.63) is 0 Å². The van der Waals surface area contributed by atoms with E-state index in [2.05, 4.69) is 0 Å². The molecule has 1 unspecified atom stereocenters. The lowest BCUT2D eigenvalue weighted by molar-refractivity contribution is 0.366. The third-order valence-electron chi connectivity index (χ3n) is 1.66. The molecule has 0 aromatic rings. The van der Waals surface area contributed by atoms with Crippen molar-refractivity contribution in [2.45, 2.75) is 4.99 Å². The molecule has 0 bridgehead atoms. The monoisotopic (exact) mass is 293 g/mol. The molecule has 98 valence electrons. The van der Waals surface area contributed by atoms with Crippen LogP contribution >= 0.6 is 19.4 Å². The van der Waals surface area contributed by atoms with Crippen LogP contribution in [0.2, 0.25) is 0 Å². The molecule has 0 fully saturated rings. The Balaban J connectivity index is 4.33. The molecule has 0 saturated carbocycles. The van der Waals surface area contributed by atoms with Gasteiger partial charge < -0.3 is 14.7 Å². The molecule has 0 aromatic heterocycles. The average Bonchev–Trinajstić information content (AvgIpc) is 1.97. The van der Waals surface area contributed by atoms with Crippen molar-refractivity contribution in [1.82, 2.24) is 4.90 Å². The molecule has 0 saturated heterocycles. The fourth-order valence-corrected chi connectivity index (χ4v) is 5.11. The Hall–Kier alpha value is 0.370. The van der Waals surface area contributed by atoms with Gasteiger partial charge in [-0.1, -0.05) is 0 Å². The minimum Gasteiger partial charge on any atom is -0.323 e. The third kappa shape index (κ3) is 6.85. The standard InChI is InChI=1S/C6H16NO6PS2/c1-7(2)3-4-15-5-6(14(8,9)10)16(11,12)13/h6H,3-5H2,1-2H3,(H2,8,9,10)(H,11,12,13). The predicted octanol–water partition coefficient (Wildman–Crippen LogP) is -0.327. The molecule has 10 heteroatoms. The van der Waals surface area contributed by atoms with Crippen LogP contribution < -0.4 is 0 Å². The van der Waals surface area contributed by atoms with Gasteiger partial charge in [0.25, 0.3) is 10.1 Å². The highest BCUT2D eigenvalue weighted by molar-refractivity contribution is 8.02. The van der Waals surface area contributed by atoms with Gasteiger partial charge in [-0.05, 0) is 14.1 Å². The van der Waals surface area contributed by atoms with Crippen LogP contribution in [0, 0.1) is 0 Å². The third-order valence-corrected chi connectivity index (χ3v) is 6.57. The molecule has 0 heterocycles. The van der Waals surface area contributed by atoms with E-state index in [0.717, 1.165) is 11.8 Å². The topological polar surface area (TPSA) is 115 Å². The lowest BCUT2D eigenvalue weighted by atomic mass is 10.7. The molecule has 0 radical (unpaired) electrons. The molecule has 0 aliphatic rings. The second-order valence-electron chi connectivity index (χ2n) is 3.44. The van der Waals surface area contributed by atoms with Gasteiger partial charge in [-0.2, -0.15) is 20.2 Å². The minimum atomic E-state index is -4.83. The Bertz CT molecular complexity index is 350. The van der Waals surface area contributed by atoms with E-state index in [4.69, 9.17) is 14.3 Å². The zero-order chi connectivity index (χ0) is 13.0. The molecular formula is C6H16NO6PS2. The summed E-state index contributed by atoms with van der Waals surface area (Å²) in [6, 6.07) is 0. The zero-order valence-corrected chi connectivity index (χ0v) is 11.5. The number of hydrogen-bond acceptors (Lipinski definition) is 5. The molecule has 0 aromatic carbocycles. The highest BCUT2D eigenvalue weighted by Crippen LogP contribution is 2.45. The smallest absolute Gasteiger partial charge is 0.323 e. The van der Waals surface area contributed by atoms with Gasteiger partial charge in [-0.25, -0.2) is 0 Å². The van der Waals surface area contributed by atoms with Gasteiger partial charge in [0, 0.05) is 18.1 Å². The summed E-state index contributed by atoms with van der Waals surface area (Å²) in [4.78, 5) is 17.4. The lowest BCUT2D eigenvalue weighted by Gasteiger charge is -2.15. The SMILES string of the molecule is CN(C)CCSCC(P(=O)(O)O)S(=O)(=O)O. The lowest BCUT2D eigenvalue weighted by Crippen LogP contribution is -2.24. The first-order chi connectivity index (χ1) is 7.05. The molecule has 0 aliphatic heterocycles. The van der Waals surface area contributed by atoms with Crippen LogP contribution in [-0.2, 0) is 14.7 Å². The number of thioether (sulfide) groups is 1. The van der Waals surface area contributed by atoms with Gasteiger partial charge in [0.2, 0.25) is 0 Å². The summed E-state index contributed by atoms with van der Waals surface area (Å²) in [5, 5.41) is 0. The summed E-state index contributed by atoms with van der Waals surface area (Å²) in [6.07, 6.45) is 0. The van der Waals surface area contributed by atoms with Crippen LogP contribution in [-0.4, -0.2) is 64.8 Å². The molecule has 16 heavy (non-hydrogen) atoms. The van der Waals surface area contributed by atoms with Gasteiger partial charge in [0.1, 0.15) is 0 Å². The summed E-state index contributed by atoms with van der Waals surface area (Å²) in [6.45, 7) is 0.657. The van der Waals surface area contributed by atoms with E-state index < -0.39 is 22.7 Å². The van der Waals surface area contributed by atoms with Crippen molar-refractivity contribution in [2.75, 3.05) is 32.1 Å². The molecule has 0 aliphatic carbocycles. The summed E-state index contributed by atoms with van der Waals surface area (Å²) in [7, 11) is -5.91. The molecule has 7 nitrogen and oxygen atoms in total. The Labute approximate surface area is 99.1 Å². The molecule has 0 spiro atoms. The summed E-state index contributed by atoms with van der Waals surface area (Å²) < 4.78 is 41.0. The van der Waals surface area contributed by atoms with E-state index >= 15 is 0 Å². The first kappa shape index (κ1) is 16.4. The van der Waals surface area contributed by atoms with E-state index in [9.17, 15) is 13.0 Å². The maximum atomic E-state index is 10.8. The van der Waals surface area contributed by atoms with E-state index in [-0.39, 0.29) is 5.75 Å². The van der Waals surface area contributed by atoms with E-state index in [1.807, 2.05) is 19.0 Å². The van der Waals surface area contributed by atoms with Gasteiger partial charge in [0.05, 0.1) is 0 Å². The van der Waals surface area contributed by atoms with Crippen molar-refractivity contribution in [1.29, 1.82) is 0 Å². The summed E-state index contributed by atoms with van der Waals surface area (Å²) >= 11 is 1.07. The van der Waals surface area contributed by atoms with Gasteiger partial charge in [-0.15, -0.1) is 0 Å². The first-order valence-electron chi connectivity index (χ1n) is 4.29. The Morgan fingerprint density at radius 1 is 1.38 bits per heavy atom. The van der Waals surface area contributed by atoms with Gasteiger partial charge >= 0.3 is 7.60 Å². The molecular weight excluding hydrogens is 277 g/mol. The van der Waals surface area contributed by atoms with Crippen molar-refractivity contribution >= 4 is 29.5 Å². The van der Waals surface area contributed by atoms with Crippen LogP contribution in [0.25, 0.3) is 0 Å². The van der Waals surface area contributed by atoms with Crippen molar-refractivity contribution in [3.8, 4) is 0 Å². The first-order valence-corrected chi connectivity index (χ1v) is 8.63. The largest absolute Gasteiger partial charge is 0.346 e. The highest BCUT2D eigenvalue weighted by Gasteiger charge is 2.39. The van der Waals surface area contributed by atoms with Crippen LogP contribution in [0.4, 0.5) is 0 Å². The summed E-state index contributed by atoms with van der Waals surface area (Å²) in [5.74, 6) is 0.204. The quantitative estimate of drug-likeness (QED) is 0.332. The average molecular weight is 293 g/mol. The van der Waals surface area contributed by atoms with Crippen molar-refractivity contribution < 1.29 is 27.3 Å². The predicted molar refractivity (Wildman–Crippen MR) is 63.3 cm³/mol. The molecule has 0 rings (SSSR count). The number of hydrogen-bond donors (Lipinski definition) is 3. The van der Waals surface area contributed by atoms with Crippen molar-refractivity contribution in [3.63, 3.8) is 0 Å². The fourth-order valence-electron chi connectivity index (χ4n) is 0.788. The Morgan fingerprint density at radius 3 is 2.19 bits per heavy atom. The second kappa shape index (κ2) is 6.34. The van der Waals surface area contributed by atoms with E-state index in [0.29, 0.717) is 12.3 Å². The minimum absolute atomic E-state index is 0.322. The second-order valence-corrected chi connectivity index (χ2v) is 8.34. The van der Waals surface area contributed by atoms with Gasteiger partial charge in [0.15, 0.2) is 4.99 Å². The molecule has 1 atom stereocenters. The fraction of sp³-hybridized carbons (Fsp3) is 1.00. The van der Waals surface area contributed by atoms with E-state index in [1.165, 1.54) is 0 Å². The maximum absolute atomic E-state index is 10.8. The maximum Gasteiger partial charge on any atom is 0.346 e. The highest BCUT2D eigenvalue weighted by atomic mass is 32.2. The van der Waals surface area contributed by atoms with E-state index in [1.54, 1.807) is 0 Å². The van der Waals surface area contributed by atoms with Crippen LogP contribution in [0.1, 0.15) is 0 Å². The Kier molecular flexibility index (Phi) is 6.49. The number of nitrogens with zero attached hydrogens (tertiary/aromatic N) is 1. The molecule has 3 N–H and O–H groups in total. The normalized spacial score (nSPS) is 15.4.